The number of amides is 4. The number of esters is 2. The van der Waals surface area contributed by atoms with E-state index >= 15 is 19.2 Å². The Balaban J connectivity index is 1.34. The lowest BCUT2D eigenvalue weighted by atomic mass is 9.87. The van der Waals surface area contributed by atoms with Crippen molar-refractivity contribution in [1.82, 2.24) is 21.3 Å². The Morgan fingerprint density at radius 1 is 0.404 bits per heavy atom. The third kappa shape index (κ3) is 25.6. The van der Waals surface area contributed by atoms with Crippen molar-refractivity contribution in [2.45, 2.75) is 206 Å². The summed E-state index contributed by atoms with van der Waals surface area (Å²) in [6, 6.07) is 51.7. The van der Waals surface area contributed by atoms with Crippen molar-refractivity contribution < 1.29 is 61.8 Å². The molecule has 4 N–H and O–H groups in total. The van der Waals surface area contributed by atoms with Crippen molar-refractivity contribution >= 4 is 61.6 Å². The molecule has 6 aromatic carbocycles. The van der Waals surface area contributed by atoms with Gasteiger partial charge in [0, 0.05) is 42.7 Å². The first-order valence-corrected chi connectivity index (χ1v) is 36.8. The molecule has 0 bridgehead atoms. The van der Waals surface area contributed by atoms with Crippen LogP contribution < -0.4 is 21.3 Å². The van der Waals surface area contributed by atoms with Crippen molar-refractivity contribution in [3.63, 3.8) is 0 Å². The summed E-state index contributed by atoms with van der Waals surface area (Å²) < 4.78 is 23.9. The topological polar surface area (TPSA) is 239 Å². The molecule has 0 saturated carbocycles. The predicted molar refractivity (Wildman–Crippen MR) is 387 cm³/mol. The number of benzene rings is 6. The molecule has 0 spiro atoms. The van der Waals surface area contributed by atoms with E-state index in [-0.39, 0.29) is 62.8 Å². The lowest BCUT2D eigenvalue weighted by Crippen LogP contribution is -2.62. The Morgan fingerprint density at radius 2 is 0.788 bits per heavy atom. The Hall–Kier alpha value is -9.03. The van der Waals surface area contributed by atoms with Crippen LogP contribution >= 0.6 is 0 Å². The molecular formula is C81H104N4O13Si. The zero-order valence-electron chi connectivity index (χ0n) is 59.9. The molecule has 0 heterocycles. The second-order valence-corrected chi connectivity index (χ2v) is 34.3. The second-order valence-electron chi connectivity index (χ2n) is 29.0. The lowest BCUT2D eigenvalue weighted by Gasteiger charge is -2.49. The van der Waals surface area contributed by atoms with Gasteiger partial charge < -0.3 is 39.9 Å². The molecule has 6 rings (SSSR count). The van der Waals surface area contributed by atoms with E-state index in [4.69, 9.17) is 18.6 Å². The van der Waals surface area contributed by atoms with Crippen LogP contribution in [0.3, 0.4) is 0 Å². The van der Waals surface area contributed by atoms with E-state index < -0.39 is 133 Å². The van der Waals surface area contributed by atoms with Crippen LogP contribution in [0.1, 0.15) is 161 Å². The lowest BCUT2D eigenvalue weighted by molar-refractivity contribution is -0.156. The summed E-state index contributed by atoms with van der Waals surface area (Å²) in [5.41, 5.74) is 2.79. The van der Waals surface area contributed by atoms with Crippen LogP contribution in [0.15, 0.2) is 182 Å². The summed E-state index contributed by atoms with van der Waals surface area (Å²) in [6.07, 6.45) is -2.37. The van der Waals surface area contributed by atoms with Crippen molar-refractivity contribution in [3.8, 4) is 0 Å². The molecule has 0 saturated heterocycles. The highest BCUT2D eigenvalue weighted by Gasteiger charge is 2.58. The summed E-state index contributed by atoms with van der Waals surface area (Å²) in [4.78, 5) is 132. The first kappa shape index (κ1) is 79.0. The first-order valence-electron chi connectivity index (χ1n) is 34.7. The van der Waals surface area contributed by atoms with E-state index in [1.54, 1.807) is 65.8 Å². The minimum atomic E-state index is -3.19. The highest BCUT2D eigenvalue weighted by atomic mass is 28.4. The third-order valence-corrected chi connectivity index (χ3v) is 24.0. The Bertz CT molecular complexity index is 3550. The average Bonchev–Trinajstić information content (AvgIpc) is 0.744. The molecule has 0 aliphatic heterocycles. The number of nitrogens with one attached hydrogen (secondary N) is 4. The van der Waals surface area contributed by atoms with Crippen molar-refractivity contribution in [2.24, 2.45) is 17.8 Å². The molecule has 17 nitrogen and oxygen atoms in total. The van der Waals surface area contributed by atoms with Gasteiger partial charge in [0.2, 0.25) is 11.8 Å². The van der Waals surface area contributed by atoms with Gasteiger partial charge in [-0.1, -0.05) is 230 Å². The van der Waals surface area contributed by atoms with E-state index in [0.29, 0.717) is 18.4 Å². The maximum atomic E-state index is 15.4. The molecule has 0 aliphatic rings. The van der Waals surface area contributed by atoms with Crippen LogP contribution in [0.4, 0.5) is 9.59 Å². The SMILES string of the molecule is CC(C)[Si](OC(=O)N[C@@H](Cc1ccccc1)C(=O)C[C@@H](CCCCNC(=O)OC(C)(C)C)C(=O)N[C@@H](CC(=O)OC(C)(C)C)C(=O)C[C@@H](Cc1ccccc1)C(=O)N[C@@H](Cc1ccccc1)C(=O)C[C@@H](Cc1ccccc1)C(=O)OCc1ccccc1)(C(C)C)C(C)(C)c1ccccc1. The van der Waals surface area contributed by atoms with E-state index in [0.717, 1.165) is 27.8 Å². The van der Waals surface area contributed by atoms with Crippen LogP contribution in [0.25, 0.3) is 0 Å². The van der Waals surface area contributed by atoms with E-state index in [2.05, 4.69) is 62.8 Å². The molecule has 0 radical (unpaired) electrons. The minimum absolute atomic E-state index is 0.00536. The molecule has 6 aromatic rings. The van der Waals surface area contributed by atoms with Gasteiger partial charge in [-0.2, -0.15) is 0 Å². The Kier molecular flexibility index (Phi) is 30.1. The zero-order valence-corrected chi connectivity index (χ0v) is 60.9. The van der Waals surface area contributed by atoms with Crippen molar-refractivity contribution in [1.29, 1.82) is 0 Å². The number of hydrogen-bond acceptors (Lipinski definition) is 13. The molecule has 0 aromatic heterocycles. The second kappa shape index (κ2) is 37.8. The van der Waals surface area contributed by atoms with E-state index in [1.165, 1.54) is 0 Å². The smallest absolute Gasteiger partial charge is 0.407 e. The van der Waals surface area contributed by atoms with Gasteiger partial charge in [-0.25, -0.2) is 9.59 Å². The molecule has 0 aliphatic carbocycles. The third-order valence-electron chi connectivity index (χ3n) is 17.8. The van der Waals surface area contributed by atoms with E-state index in [9.17, 15) is 24.0 Å². The molecule has 0 fully saturated rings. The van der Waals surface area contributed by atoms with Gasteiger partial charge in [0.25, 0.3) is 8.32 Å². The number of unbranched alkanes of at least 4 members (excludes halogenated alkanes) is 1. The Morgan fingerprint density at radius 3 is 1.25 bits per heavy atom. The van der Waals surface area contributed by atoms with Crippen LogP contribution in [-0.2, 0) is 89.5 Å². The standard InChI is InChI=1S/C81H104N4O13Si/c1-56(2)99(57(3)4,81(11,12)66-44-29-18-30-45-66)98-78(94)85-68(50-61-39-25-16-26-40-61)70(86)51-63(43-31-32-46-82-77(93)97-80(8,9)10)74(90)84-69(54-73(89)96-79(5,6)7)71(87)52-64(47-58-33-19-13-20-34-58)75(91)83-67(49-60-37-23-15-24-38-60)72(88)53-65(48-59-35-21-14-22-36-59)76(92)95-55-62-41-27-17-28-42-62/h13-30,33-42,44-45,56-57,63-65,67-69H,31-32,43,46-55H2,1-12H3,(H,82,93)(H,83,91)(H,84,90)(H,85,94)/t63-,64-,65-,67+,68+,69+/m1/s1. The highest BCUT2D eigenvalue weighted by molar-refractivity contribution is 6.80. The van der Waals surface area contributed by atoms with Crippen molar-refractivity contribution in [2.75, 3.05) is 6.54 Å². The fraction of sp³-hybridized carbons (Fsp3) is 0.444. The molecule has 99 heavy (non-hydrogen) atoms. The number of Topliss-reactive ketones (excluding diaryl/α,β-unsaturated/α-hetero) is 3. The number of carbonyl (C=O) groups excluding carboxylic acids is 9. The summed E-state index contributed by atoms with van der Waals surface area (Å²) in [7, 11) is -3.19. The molecular weight excluding hydrogens is 1260 g/mol. The zero-order chi connectivity index (χ0) is 72.3. The van der Waals surface area contributed by atoms with Crippen LogP contribution in [-0.4, -0.2) is 97.5 Å². The molecule has 530 valence electrons. The average molecular weight is 1370 g/mol. The van der Waals surface area contributed by atoms with Gasteiger partial charge in [-0.15, -0.1) is 0 Å². The van der Waals surface area contributed by atoms with Gasteiger partial charge in [0.15, 0.2) is 17.3 Å². The van der Waals surface area contributed by atoms with Crippen LogP contribution in [0.2, 0.25) is 11.1 Å². The molecule has 18 heteroatoms. The number of ketones is 3. The molecule has 0 unspecified atom stereocenters. The van der Waals surface area contributed by atoms with Gasteiger partial charge in [-0.3, -0.25) is 33.6 Å². The normalized spacial score (nSPS) is 13.7. The molecule has 6 atom stereocenters. The highest BCUT2D eigenvalue weighted by Crippen LogP contribution is 2.48. The minimum Gasteiger partial charge on any atom is -0.502 e. The van der Waals surface area contributed by atoms with Crippen LogP contribution in [0, 0.1) is 17.8 Å². The van der Waals surface area contributed by atoms with Gasteiger partial charge in [0.1, 0.15) is 17.8 Å². The number of alkyl carbamates (subject to hydrolysis) is 1. The van der Waals surface area contributed by atoms with Gasteiger partial charge in [-0.05, 0) is 125 Å². The maximum Gasteiger partial charge on any atom is 0.407 e. The largest absolute Gasteiger partial charge is 0.502 e. The summed E-state index contributed by atoms with van der Waals surface area (Å²) in [5.74, 6) is -7.79. The number of hydrogen-bond donors (Lipinski definition) is 4. The maximum absolute atomic E-state index is 15.4. The van der Waals surface area contributed by atoms with Gasteiger partial charge >= 0.3 is 24.1 Å². The van der Waals surface area contributed by atoms with Crippen molar-refractivity contribution in [3.05, 3.63) is 215 Å². The Labute approximate surface area is 587 Å². The summed E-state index contributed by atoms with van der Waals surface area (Å²) >= 11 is 0. The fourth-order valence-electron chi connectivity index (χ4n) is 13.1. The quantitative estimate of drug-likeness (QED) is 0.0123. The number of carbonyl (C=O) groups is 9. The first-order chi connectivity index (χ1) is 46.9. The number of rotatable bonds is 37. The van der Waals surface area contributed by atoms with Crippen LogP contribution in [0.5, 0.6) is 0 Å². The van der Waals surface area contributed by atoms with Gasteiger partial charge in [0.05, 0.1) is 30.5 Å². The molecule has 4 amide bonds. The predicted octanol–water partition coefficient (Wildman–Crippen LogP) is 14.2. The van der Waals surface area contributed by atoms with E-state index in [1.807, 2.05) is 158 Å². The summed E-state index contributed by atoms with van der Waals surface area (Å²) in [5, 5.41) is 11.0. The number of ether oxygens (including phenoxy) is 3. The summed E-state index contributed by atoms with van der Waals surface area (Å²) in [6.45, 7) is 22.8. The monoisotopic (exact) mass is 1370 g/mol. The fourth-order valence-corrected chi connectivity index (χ4v) is 19.0.